The summed E-state index contributed by atoms with van der Waals surface area (Å²) in [6, 6.07) is 9.25. The van der Waals surface area contributed by atoms with Crippen LogP contribution < -0.4 is 5.32 Å². The molecule has 1 aliphatic carbocycles. The maximum Gasteiger partial charge on any atom is 0.416 e. The van der Waals surface area contributed by atoms with E-state index in [9.17, 15) is 31.1 Å². The Morgan fingerprint density at radius 3 is 1.86 bits per heavy atom. The van der Waals surface area contributed by atoms with Crippen molar-refractivity contribution in [1.82, 2.24) is 15.1 Å². The van der Waals surface area contributed by atoms with E-state index in [2.05, 4.69) is 15.1 Å². The van der Waals surface area contributed by atoms with Crippen LogP contribution in [0.5, 0.6) is 0 Å². The van der Waals surface area contributed by atoms with Crippen LogP contribution in [-0.4, -0.2) is 61.5 Å². The molecule has 1 amide bonds. The molecule has 37 heavy (non-hydrogen) atoms. The van der Waals surface area contributed by atoms with Crippen molar-refractivity contribution in [2.75, 3.05) is 45.8 Å². The molecule has 10 heteroatoms. The molecule has 1 N–H and O–H groups in total. The van der Waals surface area contributed by atoms with Gasteiger partial charge in [-0.25, -0.2) is 0 Å². The highest BCUT2D eigenvalue weighted by Gasteiger charge is 2.38. The van der Waals surface area contributed by atoms with Crippen LogP contribution in [0.25, 0.3) is 0 Å². The second kappa shape index (κ2) is 11.4. The zero-order valence-corrected chi connectivity index (χ0v) is 20.4. The summed E-state index contributed by atoms with van der Waals surface area (Å²) in [5.74, 6) is -1.07. The SMILES string of the molecule is O=C(NCCN1CCN(CCC2CC2)CC1)C(c1ccccc1)c1cc(C(F)(F)F)cc(C(F)(F)F)c1. The second-order valence-electron chi connectivity index (χ2n) is 9.89. The summed E-state index contributed by atoms with van der Waals surface area (Å²) in [6.07, 6.45) is -6.07. The number of benzene rings is 2. The average Bonchev–Trinajstić information content (AvgIpc) is 3.68. The number of hydrogen-bond donors (Lipinski definition) is 1. The summed E-state index contributed by atoms with van der Waals surface area (Å²) in [5, 5.41) is 2.75. The van der Waals surface area contributed by atoms with Crippen molar-refractivity contribution >= 4 is 5.91 Å². The molecule has 0 aromatic heterocycles. The van der Waals surface area contributed by atoms with Crippen molar-refractivity contribution in [2.45, 2.75) is 37.5 Å². The maximum absolute atomic E-state index is 13.5. The number of alkyl halides is 6. The number of amides is 1. The minimum atomic E-state index is -4.99. The number of nitrogens with zero attached hydrogens (tertiary/aromatic N) is 2. The molecule has 1 aliphatic heterocycles. The molecular formula is C27H31F6N3O. The minimum Gasteiger partial charge on any atom is -0.354 e. The van der Waals surface area contributed by atoms with Crippen LogP contribution in [-0.2, 0) is 17.1 Å². The summed E-state index contributed by atoms with van der Waals surface area (Å²) >= 11 is 0. The van der Waals surface area contributed by atoms with Gasteiger partial charge in [0, 0.05) is 39.3 Å². The Morgan fingerprint density at radius 1 is 0.811 bits per heavy atom. The summed E-state index contributed by atoms with van der Waals surface area (Å²) in [7, 11) is 0. The van der Waals surface area contributed by atoms with Crippen LogP contribution in [0.2, 0.25) is 0 Å². The third-order valence-electron chi connectivity index (χ3n) is 7.08. The lowest BCUT2D eigenvalue weighted by molar-refractivity contribution is -0.143. The molecule has 2 aromatic carbocycles. The summed E-state index contributed by atoms with van der Waals surface area (Å²) in [5.41, 5.74) is -2.91. The van der Waals surface area contributed by atoms with E-state index < -0.39 is 35.3 Å². The van der Waals surface area contributed by atoms with E-state index >= 15 is 0 Å². The van der Waals surface area contributed by atoms with E-state index in [0.29, 0.717) is 24.2 Å². The topological polar surface area (TPSA) is 35.6 Å². The standard InChI is InChI=1S/C27H31F6N3O/c28-26(29,30)22-16-21(17-23(18-22)27(31,32)33)24(20-4-2-1-3-5-20)25(37)34-9-11-36-14-12-35(13-15-36)10-8-19-6-7-19/h1-5,16-19,24H,6-15H2,(H,34,37). The molecule has 2 aromatic rings. The van der Waals surface area contributed by atoms with Gasteiger partial charge in [0.05, 0.1) is 17.0 Å². The molecule has 0 bridgehead atoms. The second-order valence-corrected chi connectivity index (χ2v) is 9.89. The van der Waals surface area contributed by atoms with Gasteiger partial charge in [-0.1, -0.05) is 43.2 Å². The van der Waals surface area contributed by atoms with Gasteiger partial charge in [-0.05, 0) is 48.2 Å². The number of hydrogen-bond acceptors (Lipinski definition) is 3. The van der Waals surface area contributed by atoms with Crippen molar-refractivity contribution < 1.29 is 31.1 Å². The summed E-state index contributed by atoms with van der Waals surface area (Å²) in [6.45, 7) is 5.49. The zero-order valence-electron chi connectivity index (χ0n) is 20.4. The third-order valence-corrected chi connectivity index (χ3v) is 7.08. The quantitative estimate of drug-likeness (QED) is 0.445. The van der Waals surface area contributed by atoms with Crippen LogP contribution in [0, 0.1) is 5.92 Å². The molecule has 4 rings (SSSR count). The molecule has 2 aliphatic rings. The fraction of sp³-hybridized carbons (Fsp3) is 0.519. The molecule has 0 radical (unpaired) electrons. The highest BCUT2D eigenvalue weighted by Crippen LogP contribution is 2.39. The Bertz CT molecular complexity index is 1010. The minimum absolute atomic E-state index is 0.0771. The highest BCUT2D eigenvalue weighted by atomic mass is 19.4. The van der Waals surface area contributed by atoms with E-state index in [0.717, 1.165) is 38.6 Å². The fourth-order valence-electron chi connectivity index (χ4n) is 4.73. The lowest BCUT2D eigenvalue weighted by Crippen LogP contribution is -2.48. The molecule has 4 nitrogen and oxygen atoms in total. The molecule has 202 valence electrons. The van der Waals surface area contributed by atoms with Gasteiger partial charge < -0.3 is 10.2 Å². The number of rotatable bonds is 9. The van der Waals surface area contributed by atoms with Crippen molar-refractivity contribution in [1.29, 1.82) is 0 Å². The van der Waals surface area contributed by atoms with Gasteiger partial charge in [-0.3, -0.25) is 9.69 Å². The van der Waals surface area contributed by atoms with E-state index in [-0.39, 0.29) is 18.2 Å². The van der Waals surface area contributed by atoms with Gasteiger partial charge in [-0.15, -0.1) is 0 Å². The van der Waals surface area contributed by atoms with Crippen LogP contribution in [0.3, 0.4) is 0 Å². The lowest BCUT2D eigenvalue weighted by atomic mass is 9.88. The Balaban J connectivity index is 1.45. The summed E-state index contributed by atoms with van der Waals surface area (Å²) < 4.78 is 80.7. The Morgan fingerprint density at radius 2 is 1.35 bits per heavy atom. The van der Waals surface area contributed by atoms with Gasteiger partial charge in [0.2, 0.25) is 5.91 Å². The Hall–Kier alpha value is -2.59. The fourth-order valence-corrected chi connectivity index (χ4v) is 4.73. The molecule has 2 fully saturated rings. The maximum atomic E-state index is 13.5. The number of nitrogens with one attached hydrogen (secondary N) is 1. The molecular weight excluding hydrogens is 496 g/mol. The number of carbonyl (C=O) groups is 1. The van der Waals surface area contributed by atoms with Gasteiger partial charge in [-0.2, -0.15) is 26.3 Å². The molecule has 1 unspecified atom stereocenters. The third kappa shape index (κ3) is 7.70. The van der Waals surface area contributed by atoms with Crippen LogP contribution in [0.15, 0.2) is 48.5 Å². The predicted molar refractivity (Wildman–Crippen MR) is 128 cm³/mol. The van der Waals surface area contributed by atoms with Crippen molar-refractivity contribution in [3.05, 3.63) is 70.8 Å². The monoisotopic (exact) mass is 527 g/mol. The zero-order chi connectivity index (χ0) is 26.6. The number of halogens is 6. The largest absolute Gasteiger partial charge is 0.416 e. The van der Waals surface area contributed by atoms with Crippen LogP contribution in [0.1, 0.15) is 47.4 Å². The van der Waals surface area contributed by atoms with Crippen molar-refractivity contribution in [3.63, 3.8) is 0 Å². The number of piperazine rings is 1. The van der Waals surface area contributed by atoms with E-state index in [1.165, 1.54) is 31.4 Å². The highest BCUT2D eigenvalue weighted by molar-refractivity contribution is 5.87. The van der Waals surface area contributed by atoms with Crippen molar-refractivity contribution in [2.24, 2.45) is 5.92 Å². The first-order valence-electron chi connectivity index (χ1n) is 12.6. The first kappa shape index (κ1) is 27.4. The van der Waals surface area contributed by atoms with Gasteiger partial charge in [0.15, 0.2) is 0 Å². The smallest absolute Gasteiger partial charge is 0.354 e. The Kier molecular flexibility index (Phi) is 8.48. The van der Waals surface area contributed by atoms with E-state index in [1.807, 2.05) is 0 Å². The van der Waals surface area contributed by atoms with Crippen LogP contribution in [0.4, 0.5) is 26.3 Å². The number of carbonyl (C=O) groups excluding carboxylic acids is 1. The first-order chi connectivity index (χ1) is 17.5. The van der Waals surface area contributed by atoms with Crippen LogP contribution >= 0.6 is 0 Å². The molecule has 1 saturated carbocycles. The van der Waals surface area contributed by atoms with Gasteiger partial charge >= 0.3 is 12.4 Å². The average molecular weight is 528 g/mol. The van der Waals surface area contributed by atoms with Gasteiger partial charge in [0.25, 0.3) is 0 Å². The molecule has 0 spiro atoms. The van der Waals surface area contributed by atoms with E-state index in [1.54, 1.807) is 18.2 Å². The normalized spacial score (nSPS) is 18.5. The molecule has 1 atom stereocenters. The Labute approximate surface area is 212 Å². The lowest BCUT2D eigenvalue weighted by Gasteiger charge is -2.34. The molecule has 1 heterocycles. The summed E-state index contributed by atoms with van der Waals surface area (Å²) in [4.78, 5) is 17.9. The van der Waals surface area contributed by atoms with E-state index in [4.69, 9.17) is 0 Å². The molecule has 1 saturated heterocycles. The van der Waals surface area contributed by atoms with Gasteiger partial charge in [0.1, 0.15) is 0 Å². The predicted octanol–water partition coefficient (Wildman–Crippen LogP) is 5.39. The first-order valence-corrected chi connectivity index (χ1v) is 12.6. The van der Waals surface area contributed by atoms with Crippen molar-refractivity contribution in [3.8, 4) is 0 Å².